The number of amides is 3. The first-order valence-electron chi connectivity index (χ1n) is 10.3. The van der Waals surface area contributed by atoms with Gasteiger partial charge in [0.25, 0.3) is 0 Å². The molecule has 31 heavy (non-hydrogen) atoms. The summed E-state index contributed by atoms with van der Waals surface area (Å²) in [7, 11) is 0. The predicted octanol–water partition coefficient (Wildman–Crippen LogP) is -0.0536. The number of halogens is 1. The molecule has 0 bridgehead atoms. The molecule has 176 valence electrons. The summed E-state index contributed by atoms with van der Waals surface area (Å²) in [6.07, 6.45) is 0.879. The Balaban J connectivity index is 2.89. The van der Waals surface area contributed by atoms with E-state index in [9.17, 15) is 23.6 Å². The van der Waals surface area contributed by atoms with Gasteiger partial charge in [-0.1, -0.05) is 13.8 Å². The monoisotopic (exact) mass is 444 g/mol. The van der Waals surface area contributed by atoms with Crippen LogP contribution < -0.4 is 21.7 Å². The number of carbonyl (C=O) groups excluding carboxylic acids is 3. The van der Waals surface area contributed by atoms with E-state index in [0.717, 1.165) is 0 Å². The molecular weight excluding hydrogens is 411 g/mol. The number of hydrogen-bond donors (Lipinski definition) is 6. The third-order valence-electron chi connectivity index (χ3n) is 5.12. The largest absolute Gasteiger partial charge is 0.465 e. The van der Waals surface area contributed by atoms with Gasteiger partial charge in [0.15, 0.2) is 11.7 Å². The number of guanidine groups is 1. The first-order chi connectivity index (χ1) is 14.6. The molecule has 3 atom stereocenters. The molecule has 1 heterocycles. The van der Waals surface area contributed by atoms with Gasteiger partial charge in [-0.05, 0) is 38.0 Å². The Kier molecular flexibility index (Phi) is 10.7. The molecule has 0 aromatic rings. The van der Waals surface area contributed by atoms with Crippen LogP contribution in [0, 0.1) is 11.3 Å². The smallest absolute Gasteiger partial charge is 0.405 e. The van der Waals surface area contributed by atoms with Crippen LogP contribution in [0.4, 0.5) is 9.18 Å². The lowest BCUT2D eigenvalue weighted by atomic mass is 9.96. The van der Waals surface area contributed by atoms with Gasteiger partial charge in [-0.15, -0.1) is 0 Å². The van der Waals surface area contributed by atoms with Gasteiger partial charge in [-0.25, -0.2) is 9.18 Å². The molecule has 7 N–H and O–H groups in total. The number of nitrogens with zero attached hydrogens (tertiary/aromatic N) is 1. The van der Waals surface area contributed by atoms with Gasteiger partial charge >= 0.3 is 6.09 Å². The summed E-state index contributed by atoms with van der Waals surface area (Å²) < 4.78 is 13.0. The molecule has 1 fully saturated rings. The quantitative estimate of drug-likeness (QED) is 0.147. The van der Waals surface area contributed by atoms with Crippen LogP contribution in [-0.2, 0) is 14.4 Å². The number of Topliss-reactive ketones (excluding diaryl/α,β-unsaturated/α-hetero) is 1. The maximum absolute atomic E-state index is 13.0. The van der Waals surface area contributed by atoms with Crippen molar-refractivity contribution in [3.8, 4) is 0 Å². The van der Waals surface area contributed by atoms with Crippen molar-refractivity contribution in [3.63, 3.8) is 0 Å². The molecule has 0 aliphatic carbocycles. The molecule has 0 aromatic heterocycles. The van der Waals surface area contributed by atoms with E-state index in [4.69, 9.17) is 16.2 Å². The molecule has 12 heteroatoms. The Bertz CT molecular complexity index is 674. The van der Waals surface area contributed by atoms with Gasteiger partial charge in [0.2, 0.25) is 11.8 Å². The Morgan fingerprint density at radius 1 is 1.23 bits per heavy atom. The second-order valence-corrected chi connectivity index (χ2v) is 7.86. The van der Waals surface area contributed by atoms with E-state index >= 15 is 0 Å². The molecule has 0 aromatic carbocycles. The number of likely N-dealkylation sites (tertiary alicyclic amines) is 1. The summed E-state index contributed by atoms with van der Waals surface area (Å²) >= 11 is 0. The molecule has 1 saturated heterocycles. The summed E-state index contributed by atoms with van der Waals surface area (Å²) in [5, 5.41) is 23.5. The topological polar surface area (TPSA) is 178 Å². The van der Waals surface area contributed by atoms with Gasteiger partial charge in [0.05, 0.1) is 6.04 Å². The van der Waals surface area contributed by atoms with Crippen molar-refractivity contribution in [2.75, 3.05) is 19.8 Å². The number of nitrogens with one attached hydrogen (secondary N) is 4. The number of rotatable bonds is 11. The van der Waals surface area contributed by atoms with E-state index in [1.165, 1.54) is 4.90 Å². The maximum atomic E-state index is 13.0. The fourth-order valence-corrected chi connectivity index (χ4v) is 3.50. The molecule has 1 aliphatic heterocycles. The van der Waals surface area contributed by atoms with E-state index in [0.29, 0.717) is 25.7 Å². The summed E-state index contributed by atoms with van der Waals surface area (Å²) in [5.41, 5.74) is 5.19. The van der Waals surface area contributed by atoms with Gasteiger partial charge < -0.3 is 31.7 Å². The van der Waals surface area contributed by atoms with Crippen molar-refractivity contribution in [2.45, 2.75) is 64.1 Å². The van der Waals surface area contributed by atoms with E-state index in [1.54, 1.807) is 13.8 Å². The highest BCUT2D eigenvalue weighted by Crippen LogP contribution is 2.20. The molecular formula is C19H33FN6O5. The Morgan fingerprint density at radius 2 is 1.90 bits per heavy atom. The lowest BCUT2D eigenvalue weighted by molar-refractivity contribution is -0.145. The van der Waals surface area contributed by atoms with Crippen LogP contribution in [0.15, 0.2) is 0 Å². The summed E-state index contributed by atoms with van der Waals surface area (Å²) in [6, 6.07) is -2.95. The highest BCUT2D eigenvalue weighted by molar-refractivity contribution is 5.94. The average molecular weight is 445 g/mol. The Labute approximate surface area is 180 Å². The van der Waals surface area contributed by atoms with E-state index < -0.39 is 48.5 Å². The molecule has 0 radical (unpaired) electrons. The molecule has 1 rings (SSSR count). The number of ketones is 1. The fourth-order valence-electron chi connectivity index (χ4n) is 3.50. The van der Waals surface area contributed by atoms with Gasteiger partial charge in [0, 0.05) is 13.1 Å². The number of piperidine rings is 1. The Morgan fingerprint density at radius 3 is 2.45 bits per heavy atom. The van der Waals surface area contributed by atoms with E-state index in [-0.39, 0.29) is 31.4 Å². The molecule has 1 aliphatic rings. The highest BCUT2D eigenvalue weighted by atomic mass is 19.1. The second-order valence-electron chi connectivity index (χ2n) is 7.86. The van der Waals surface area contributed by atoms with Crippen molar-refractivity contribution < 1.29 is 28.7 Å². The van der Waals surface area contributed by atoms with Crippen LogP contribution in [0.25, 0.3) is 0 Å². The van der Waals surface area contributed by atoms with Crippen LogP contribution in [0.3, 0.4) is 0 Å². The van der Waals surface area contributed by atoms with E-state index in [1.807, 2.05) is 0 Å². The lowest BCUT2D eigenvalue weighted by Gasteiger charge is -2.38. The fraction of sp³-hybridized carbons (Fsp3) is 0.737. The van der Waals surface area contributed by atoms with Crippen molar-refractivity contribution in [2.24, 2.45) is 11.7 Å². The average Bonchev–Trinajstić information content (AvgIpc) is 2.72. The van der Waals surface area contributed by atoms with Gasteiger partial charge in [-0.2, -0.15) is 0 Å². The third kappa shape index (κ3) is 8.38. The van der Waals surface area contributed by atoms with E-state index in [2.05, 4.69) is 16.0 Å². The highest BCUT2D eigenvalue weighted by Gasteiger charge is 2.38. The second kappa shape index (κ2) is 12.7. The van der Waals surface area contributed by atoms with Crippen LogP contribution in [-0.4, -0.2) is 77.5 Å². The number of hydrogen-bond acceptors (Lipinski definition) is 5. The zero-order valence-corrected chi connectivity index (χ0v) is 17.9. The summed E-state index contributed by atoms with van der Waals surface area (Å²) in [4.78, 5) is 50.3. The molecule has 11 nitrogen and oxygen atoms in total. The normalized spacial score (nSPS) is 18.1. The Hall–Kier alpha value is -2.92. The standard InChI is InChI=1S/C19H33FN6O5/c1-11(2)15(25-19(30)31)17(29)26-9-4-3-7-13(26)16(28)24-12(14(27)10-20)6-5-8-23-18(21)22/h11-13,15,25H,3-10H2,1-2H3,(H,24,28)(H,30,31)(H4,21,22,23)/t12-,13-,15-/m0/s1. The number of nitrogens with two attached hydrogens (primary N) is 1. The number of carbonyl (C=O) groups is 4. The minimum atomic E-state index is -1.34. The number of carboxylic acid groups (broad SMARTS) is 1. The maximum Gasteiger partial charge on any atom is 0.405 e. The summed E-state index contributed by atoms with van der Waals surface area (Å²) in [6.45, 7) is 2.72. The minimum absolute atomic E-state index is 0.143. The summed E-state index contributed by atoms with van der Waals surface area (Å²) in [5.74, 6) is -2.42. The van der Waals surface area contributed by atoms with Crippen LogP contribution in [0.5, 0.6) is 0 Å². The zero-order chi connectivity index (χ0) is 23.6. The molecule has 0 spiro atoms. The molecule has 0 saturated carbocycles. The van der Waals surface area contributed by atoms with Crippen LogP contribution >= 0.6 is 0 Å². The third-order valence-corrected chi connectivity index (χ3v) is 5.12. The first kappa shape index (κ1) is 26.1. The lowest BCUT2D eigenvalue weighted by Crippen LogP contribution is -2.59. The molecule has 3 amide bonds. The van der Waals surface area contributed by atoms with Crippen molar-refractivity contribution in [3.05, 3.63) is 0 Å². The zero-order valence-electron chi connectivity index (χ0n) is 17.9. The molecule has 0 unspecified atom stereocenters. The van der Waals surface area contributed by atoms with Gasteiger partial charge in [0.1, 0.15) is 18.8 Å². The van der Waals surface area contributed by atoms with Crippen LogP contribution in [0.1, 0.15) is 46.0 Å². The van der Waals surface area contributed by atoms with Crippen molar-refractivity contribution >= 4 is 29.7 Å². The van der Waals surface area contributed by atoms with Crippen LogP contribution in [0.2, 0.25) is 0 Å². The predicted molar refractivity (Wildman–Crippen MR) is 111 cm³/mol. The number of alkyl halides is 1. The SMILES string of the molecule is CC(C)[C@H](NC(=O)O)C(=O)N1CCCC[C@H]1C(=O)N[C@@H](CCCNC(=N)N)C(=O)CF. The first-order valence-corrected chi connectivity index (χ1v) is 10.3. The van der Waals surface area contributed by atoms with Crippen molar-refractivity contribution in [1.29, 1.82) is 5.41 Å². The van der Waals surface area contributed by atoms with Gasteiger partial charge in [-0.3, -0.25) is 19.8 Å². The minimum Gasteiger partial charge on any atom is -0.465 e. The van der Waals surface area contributed by atoms with Crippen molar-refractivity contribution in [1.82, 2.24) is 20.9 Å².